The standard InChI is InChI=1S/C14H18N2OS/c1-4-15-14(17)13-8-10(2)16(11(13)3)9-12-6-5-7-18-12/h5-8H,4,9H2,1-3H3,(H,15,17). The summed E-state index contributed by atoms with van der Waals surface area (Å²) in [5.74, 6) is 0.0167. The van der Waals surface area contributed by atoms with Crippen LogP contribution in [-0.2, 0) is 6.54 Å². The first-order chi connectivity index (χ1) is 8.63. The minimum absolute atomic E-state index is 0.0167. The summed E-state index contributed by atoms with van der Waals surface area (Å²) in [5.41, 5.74) is 2.94. The molecule has 0 bridgehead atoms. The molecule has 0 spiro atoms. The molecule has 0 saturated heterocycles. The summed E-state index contributed by atoms with van der Waals surface area (Å²) in [6.45, 7) is 7.49. The summed E-state index contributed by atoms with van der Waals surface area (Å²) < 4.78 is 2.19. The monoisotopic (exact) mass is 262 g/mol. The molecule has 0 aromatic carbocycles. The van der Waals surface area contributed by atoms with Gasteiger partial charge in [-0.1, -0.05) is 6.07 Å². The third-order valence-electron chi connectivity index (χ3n) is 3.05. The van der Waals surface area contributed by atoms with Crippen LogP contribution in [0.3, 0.4) is 0 Å². The predicted octanol–water partition coefficient (Wildman–Crippen LogP) is 2.96. The van der Waals surface area contributed by atoms with Gasteiger partial charge in [0.2, 0.25) is 0 Å². The van der Waals surface area contributed by atoms with Crippen molar-refractivity contribution >= 4 is 17.2 Å². The van der Waals surface area contributed by atoms with E-state index in [1.165, 1.54) is 4.88 Å². The first-order valence-corrected chi connectivity index (χ1v) is 6.98. The molecule has 2 aromatic rings. The molecule has 96 valence electrons. The van der Waals surface area contributed by atoms with Crippen molar-refractivity contribution in [1.82, 2.24) is 9.88 Å². The number of carbonyl (C=O) groups excluding carboxylic acids is 1. The molecule has 2 rings (SSSR count). The van der Waals surface area contributed by atoms with Crippen molar-refractivity contribution in [3.63, 3.8) is 0 Å². The molecule has 3 nitrogen and oxygen atoms in total. The van der Waals surface area contributed by atoms with Crippen molar-refractivity contribution in [1.29, 1.82) is 0 Å². The Labute approximate surface area is 111 Å². The number of amides is 1. The number of aryl methyl sites for hydroxylation is 1. The van der Waals surface area contributed by atoms with Gasteiger partial charge in [0.25, 0.3) is 5.91 Å². The first-order valence-electron chi connectivity index (χ1n) is 6.10. The molecule has 0 aliphatic rings. The molecule has 0 unspecified atom stereocenters. The third kappa shape index (κ3) is 2.48. The Morgan fingerprint density at radius 1 is 1.44 bits per heavy atom. The largest absolute Gasteiger partial charge is 0.352 e. The predicted molar refractivity (Wildman–Crippen MR) is 75.3 cm³/mol. The van der Waals surface area contributed by atoms with Crippen molar-refractivity contribution in [3.05, 3.63) is 45.4 Å². The van der Waals surface area contributed by atoms with Crippen LogP contribution in [0.5, 0.6) is 0 Å². The van der Waals surface area contributed by atoms with Gasteiger partial charge in [0.05, 0.1) is 12.1 Å². The smallest absolute Gasteiger partial charge is 0.253 e. The lowest BCUT2D eigenvalue weighted by Gasteiger charge is -2.08. The van der Waals surface area contributed by atoms with Gasteiger partial charge in [-0.2, -0.15) is 0 Å². The number of nitrogens with zero attached hydrogens (tertiary/aromatic N) is 1. The molecule has 1 amide bonds. The number of nitrogens with one attached hydrogen (secondary N) is 1. The van der Waals surface area contributed by atoms with Gasteiger partial charge in [-0.3, -0.25) is 4.79 Å². The van der Waals surface area contributed by atoms with E-state index in [0.29, 0.717) is 6.54 Å². The van der Waals surface area contributed by atoms with E-state index < -0.39 is 0 Å². The maximum atomic E-state index is 11.9. The van der Waals surface area contributed by atoms with Gasteiger partial charge in [-0.05, 0) is 38.3 Å². The molecule has 0 saturated carbocycles. The topological polar surface area (TPSA) is 34.0 Å². The average molecular weight is 262 g/mol. The van der Waals surface area contributed by atoms with E-state index in [1.807, 2.05) is 26.8 Å². The highest BCUT2D eigenvalue weighted by Crippen LogP contribution is 2.19. The zero-order valence-electron chi connectivity index (χ0n) is 11.0. The maximum absolute atomic E-state index is 11.9. The van der Waals surface area contributed by atoms with Gasteiger partial charge in [-0.15, -0.1) is 11.3 Å². The summed E-state index contributed by atoms with van der Waals surface area (Å²) in [5, 5.41) is 4.93. The molecule has 0 atom stereocenters. The van der Waals surface area contributed by atoms with Crippen molar-refractivity contribution in [3.8, 4) is 0 Å². The zero-order valence-corrected chi connectivity index (χ0v) is 11.8. The molecule has 2 heterocycles. The number of rotatable bonds is 4. The number of hydrogen-bond acceptors (Lipinski definition) is 2. The fourth-order valence-corrected chi connectivity index (χ4v) is 2.78. The Hall–Kier alpha value is -1.55. The van der Waals surface area contributed by atoms with Crippen LogP contribution in [0.25, 0.3) is 0 Å². The lowest BCUT2D eigenvalue weighted by molar-refractivity contribution is 0.0955. The van der Waals surface area contributed by atoms with Gasteiger partial charge in [-0.25, -0.2) is 0 Å². The molecule has 2 aromatic heterocycles. The molecule has 0 aliphatic heterocycles. The maximum Gasteiger partial charge on any atom is 0.253 e. The van der Waals surface area contributed by atoms with Gasteiger partial charge < -0.3 is 9.88 Å². The van der Waals surface area contributed by atoms with E-state index in [-0.39, 0.29) is 5.91 Å². The Balaban J connectivity index is 2.29. The molecular formula is C14H18N2OS. The highest BCUT2D eigenvalue weighted by atomic mass is 32.1. The van der Waals surface area contributed by atoms with Gasteiger partial charge in [0.1, 0.15) is 0 Å². The van der Waals surface area contributed by atoms with Crippen molar-refractivity contribution in [2.45, 2.75) is 27.3 Å². The molecule has 0 aliphatic carbocycles. The van der Waals surface area contributed by atoms with Gasteiger partial charge >= 0.3 is 0 Å². The number of hydrogen-bond donors (Lipinski definition) is 1. The number of carbonyl (C=O) groups is 1. The fraction of sp³-hybridized carbons (Fsp3) is 0.357. The second kappa shape index (κ2) is 5.40. The highest BCUT2D eigenvalue weighted by molar-refractivity contribution is 7.09. The lowest BCUT2D eigenvalue weighted by atomic mass is 10.2. The Bertz CT molecular complexity index is 540. The first kappa shape index (κ1) is 12.9. The Morgan fingerprint density at radius 2 is 2.22 bits per heavy atom. The zero-order chi connectivity index (χ0) is 13.1. The van der Waals surface area contributed by atoms with Crippen LogP contribution in [0.4, 0.5) is 0 Å². The van der Waals surface area contributed by atoms with Crippen LogP contribution < -0.4 is 5.32 Å². The lowest BCUT2D eigenvalue weighted by Crippen LogP contribution is -2.23. The van der Waals surface area contributed by atoms with Gasteiger partial charge in [0, 0.05) is 22.8 Å². The van der Waals surface area contributed by atoms with Crippen LogP contribution in [0.2, 0.25) is 0 Å². The minimum atomic E-state index is 0.0167. The van der Waals surface area contributed by atoms with E-state index in [1.54, 1.807) is 11.3 Å². The SMILES string of the molecule is CCNC(=O)c1cc(C)n(Cc2cccs2)c1C. The second-order valence-electron chi connectivity index (χ2n) is 4.31. The quantitative estimate of drug-likeness (QED) is 0.903. The number of aromatic nitrogens is 1. The Morgan fingerprint density at radius 3 is 2.83 bits per heavy atom. The summed E-state index contributed by atoms with van der Waals surface area (Å²) in [6.07, 6.45) is 0. The van der Waals surface area contributed by atoms with E-state index >= 15 is 0 Å². The normalized spacial score (nSPS) is 10.6. The molecule has 0 radical (unpaired) electrons. The van der Waals surface area contributed by atoms with E-state index in [0.717, 1.165) is 23.5 Å². The van der Waals surface area contributed by atoms with Crippen molar-refractivity contribution < 1.29 is 4.79 Å². The minimum Gasteiger partial charge on any atom is -0.352 e. The summed E-state index contributed by atoms with van der Waals surface area (Å²) in [7, 11) is 0. The van der Waals surface area contributed by atoms with Gasteiger partial charge in [0.15, 0.2) is 0 Å². The average Bonchev–Trinajstić information content (AvgIpc) is 2.93. The van der Waals surface area contributed by atoms with E-state index in [9.17, 15) is 4.79 Å². The summed E-state index contributed by atoms with van der Waals surface area (Å²) in [6, 6.07) is 6.14. The third-order valence-corrected chi connectivity index (χ3v) is 3.91. The van der Waals surface area contributed by atoms with Crippen molar-refractivity contribution in [2.75, 3.05) is 6.54 Å². The van der Waals surface area contributed by atoms with Crippen LogP contribution in [-0.4, -0.2) is 17.0 Å². The fourth-order valence-electron chi connectivity index (χ4n) is 2.09. The highest BCUT2D eigenvalue weighted by Gasteiger charge is 2.15. The molecule has 4 heteroatoms. The number of thiophene rings is 1. The summed E-state index contributed by atoms with van der Waals surface area (Å²) in [4.78, 5) is 13.2. The van der Waals surface area contributed by atoms with Crippen LogP contribution in [0, 0.1) is 13.8 Å². The molecule has 1 N–H and O–H groups in total. The van der Waals surface area contributed by atoms with Crippen LogP contribution >= 0.6 is 11.3 Å². The van der Waals surface area contributed by atoms with E-state index in [2.05, 4.69) is 27.4 Å². The molecular weight excluding hydrogens is 244 g/mol. The second-order valence-corrected chi connectivity index (χ2v) is 5.34. The van der Waals surface area contributed by atoms with Crippen LogP contribution in [0.15, 0.2) is 23.6 Å². The molecule has 0 fully saturated rings. The van der Waals surface area contributed by atoms with Crippen molar-refractivity contribution in [2.24, 2.45) is 0 Å². The van der Waals surface area contributed by atoms with E-state index in [4.69, 9.17) is 0 Å². The Kier molecular flexibility index (Phi) is 3.87. The summed E-state index contributed by atoms with van der Waals surface area (Å²) >= 11 is 1.74. The molecule has 18 heavy (non-hydrogen) atoms. The van der Waals surface area contributed by atoms with Crippen LogP contribution in [0.1, 0.15) is 33.5 Å².